The molecule has 2 aromatic carbocycles. The molecule has 1 amide bonds. The maximum absolute atomic E-state index is 12.4. The van der Waals surface area contributed by atoms with Crippen LogP contribution in [0.2, 0.25) is 0 Å². The number of azo groups is 1. The summed E-state index contributed by atoms with van der Waals surface area (Å²) in [5.74, 6) is 0.299. The molecule has 3 rings (SSSR count). The van der Waals surface area contributed by atoms with Crippen molar-refractivity contribution in [3.8, 4) is 0 Å². The van der Waals surface area contributed by atoms with E-state index in [1.165, 1.54) is 19.3 Å². The molecule has 2 aromatic rings. The molecule has 1 aliphatic rings. The molecule has 0 N–H and O–H groups in total. The van der Waals surface area contributed by atoms with E-state index in [9.17, 15) is 9.59 Å². The number of hydrogen-bond acceptors (Lipinski definition) is 5. The van der Waals surface area contributed by atoms with E-state index >= 15 is 0 Å². The van der Waals surface area contributed by atoms with E-state index in [1.807, 2.05) is 17.0 Å². The smallest absolute Gasteiger partial charge is 0.222 e. The molecule has 0 unspecified atom stereocenters. The Morgan fingerprint density at radius 1 is 0.839 bits per heavy atom. The molecule has 0 aliphatic carbocycles. The molecule has 31 heavy (non-hydrogen) atoms. The van der Waals surface area contributed by atoms with Crippen molar-refractivity contribution in [3.05, 3.63) is 54.1 Å². The minimum Gasteiger partial charge on any atom is -0.368 e. The highest BCUT2D eigenvalue weighted by molar-refractivity contribution is 5.76. The molecule has 0 atom stereocenters. The van der Waals surface area contributed by atoms with Gasteiger partial charge in [-0.05, 0) is 55.0 Å². The van der Waals surface area contributed by atoms with Gasteiger partial charge in [-0.15, -0.1) is 0 Å². The lowest BCUT2D eigenvalue weighted by Crippen LogP contribution is -2.48. The second kappa shape index (κ2) is 12.0. The number of rotatable bonds is 10. The summed E-state index contributed by atoms with van der Waals surface area (Å²) in [5, 5.41) is 8.48. The monoisotopic (exact) mass is 420 g/mol. The average Bonchev–Trinajstić information content (AvgIpc) is 2.83. The third-order valence-corrected chi connectivity index (χ3v) is 5.65. The van der Waals surface area contributed by atoms with Gasteiger partial charge in [0.1, 0.15) is 6.29 Å². The van der Waals surface area contributed by atoms with Crippen LogP contribution in [0.1, 0.15) is 55.8 Å². The number of hydrogen-bond donors (Lipinski definition) is 0. The van der Waals surface area contributed by atoms with Gasteiger partial charge in [-0.2, -0.15) is 10.2 Å². The van der Waals surface area contributed by atoms with E-state index in [0.29, 0.717) is 23.6 Å². The van der Waals surface area contributed by atoms with Crippen LogP contribution in [0.3, 0.4) is 0 Å². The third kappa shape index (κ3) is 7.02. The first-order valence-electron chi connectivity index (χ1n) is 11.3. The molecule has 6 heteroatoms. The molecule has 1 aliphatic heterocycles. The maximum atomic E-state index is 12.4. The van der Waals surface area contributed by atoms with Crippen molar-refractivity contribution < 1.29 is 9.59 Å². The van der Waals surface area contributed by atoms with Gasteiger partial charge < -0.3 is 9.80 Å². The summed E-state index contributed by atoms with van der Waals surface area (Å²) in [6, 6.07) is 15.0. The van der Waals surface area contributed by atoms with Crippen molar-refractivity contribution in [3.63, 3.8) is 0 Å². The SMILES string of the molecule is CCCCCCCC(=O)N1CCN(c2ccc(N=Nc3ccc(C=O)cc3)cc2)CC1. The number of piperazine rings is 1. The summed E-state index contributed by atoms with van der Waals surface area (Å²) in [6.07, 6.45) is 7.39. The second-order valence-electron chi connectivity index (χ2n) is 7.96. The van der Waals surface area contributed by atoms with E-state index in [2.05, 4.69) is 34.2 Å². The summed E-state index contributed by atoms with van der Waals surface area (Å²) < 4.78 is 0. The topological polar surface area (TPSA) is 65.3 Å². The number of nitrogens with zero attached hydrogens (tertiary/aromatic N) is 4. The normalized spacial score (nSPS) is 14.2. The zero-order valence-corrected chi connectivity index (χ0v) is 18.4. The van der Waals surface area contributed by atoms with E-state index in [0.717, 1.165) is 56.7 Å². The van der Waals surface area contributed by atoms with E-state index in [-0.39, 0.29) is 0 Å². The maximum Gasteiger partial charge on any atom is 0.222 e. The Balaban J connectivity index is 1.44. The largest absolute Gasteiger partial charge is 0.368 e. The summed E-state index contributed by atoms with van der Waals surface area (Å²) >= 11 is 0. The zero-order valence-electron chi connectivity index (χ0n) is 18.4. The van der Waals surface area contributed by atoms with Crippen LogP contribution in [0, 0.1) is 0 Å². The molecule has 1 saturated heterocycles. The molecule has 0 radical (unpaired) electrons. The van der Waals surface area contributed by atoms with Crippen LogP contribution in [0.15, 0.2) is 58.8 Å². The molecule has 0 spiro atoms. The van der Waals surface area contributed by atoms with Crippen LogP contribution in [-0.2, 0) is 4.79 Å². The lowest BCUT2D eigenvalue weighted by atomic mass is 10.1. The van der Waals surface area contributed by atoms with Gasteiger partial charge in [-0.25, -0.2) is 0 Å². The molecular weight excluding hydrogens is 388 g/mol. The number of benzene rings is 2. The number of unbranched alkanes of at least 4 members (excludes halogenated alkanes) is 4. The Kier molecular flexibility index (Phi) is 8.76. The fourth-order valence-corrected chi connectivity index (χ4v) is 3.72. The average molecular weight is 421 g/mol. The van der Waals surface area contributed by atoms with Gasteiger partial charge >= 0.3 is 0 Å². The minimum absolute atomic E-state index is 0.299. The third-order valence-electron chi connectivity index (χ3n) is 5.65. The van der Waals surface area contributed by atoms with Crippen molar-refractivity contribution in [2.24, 2.45) is 10.2 Å². The van der Waals surface area contributed by atoms with Crippen LogP contribution in [0.4, 0.5) is 17.1 Å². The summed E-state index contributed by atoms with van der Waals surface area (Å²) in [7, 11) is 0. The van der Waals surface area contributed by atoms with Crippen LogP contribution in [0.25, 0.3) is 0 Å². The fraction of sp³-hybridized carbons (Fsp3) is 0.440. The number of carbonyl (C=O) groups excluding carboxylic acids is 2. The lowest BCUT2D eigenvalue weighted by molar-refractivity contribution is -0.131. The van der Waals surface area contributed by atoms with Gasteiger partial charge in [0.2, 0.25) is 5.91 Å². The predicted octanol–water partition coefficient (Wildman–Crippen LogP) is 5.92. The number of anilines is 1. The van der Waals surface area contributed by atoms with Crippen LogP contribution in [0.5, 0.6) is 0 Å². The van der Waals surface area contributed by atoms with E-state index in [1.54, 1.807) is 24.3 Å². The van der Waals surface area contributed by atoms with Crippen LogP contribution in [-0.4, -0.2) is 43.3 Å². The molecular formula is C25H32N4O2. The van der Waals surface area contributed by atoms with Gasteiger partial charge in [-0.1, -0.05) is 32.6 Å². The molecule has 164 valence electrons. The summed E-state index contributed by atoms with van der Waals surface area (Å²) in [5.41, 5.74) is 3.25. The minimum atomic E-state index is 0.299. The Bertz CT molecular complexity index is 854. The predicted molar refractivity (Wildman–Crippen MR) is 125 cm³/mol. The first kappa shape index (κ1) is 22.7. The fourth-order valence-electron chi connectivity index (χ4n) is 3.72. The van der Waals surface area contributed by atoms with Crippen molar-refractivity contribution in [1.29, 1.82) is 0 Å². The molecule has 0 aromatic heterocycles. The summed E-state index contributed by atoms with van der Waals surface area (Å²) in [4.78, 5) is 27.4. The van der Waals surface area contributed by atoms with Crippen LogP contribution < -0.4 is 4.90 Å². The van der Waals surface area contributed by atoms with Gasteiger partial charge in [-0.3, -0.25) is 9.59 Å². The lowest BCUT2D eigenvalue weighted by Gasteiger charge is -2.36. The highest BCUT2D eigenvalue weighted by Crippen LogP contribution is 2.23. The van der Waals surface area contributed by atoms with Crippen molar-refractivity contribution in [2.45, 2.75) is 45.4 Å². The van der Waals surface area contributed by atoms with Crippen molar-refractivity contribution in [1.82, 2.24) is 4.90 Å². The van der Waals surface area contributed by atoms with E-state index < -0.39 is 0 Å². The number of amides is 1. The molecule has 0 saturated carbocycles. The highest BCUT2D eigenvalue weighted by atomic mass is 16.2. The quantitative estimate of drug-likeness (QED) is 0.272. The Morgan fingerprint density at radius 2 is 1.42 bits per heavy atom. The van der Waals surface area contributed by atoms with Crippen LogP contribution >= 0.6 is 0 Å². The number of aldehydes is 1. The molecule has 1 fully saturated rings. The van der Waals surface area contributed by atoms with Gasteiger partial charge in [0.15, 0.2) is 0 Å². The number of carbonyl (C=O) groups is 2. The second-order valence-corrected chi connectivity index (χ2v) is 7.96. The standard InChI is InChI=1S/C25H32N4O2/c1-2-3-4-5-6-7-25(31)29-18-16-28(17-19-29)24-14-12-23(13-15-24)27-26-22-10-8-21(20-30)9-11-22/h8-15,20H,2-7,16-19H2,1H3. The first-order chi connectivity index (χ1) is 15.2. The molecule has 0 bridgehead atoms. The van der Waals surface area contributed by atoms with Gasteiger partial charge in [0.05, 0.1) is 11.4 Å². The Morgan fingerprint density at radius 3 is 2.00 bits per heavy atom. The Hall–Kier alpha value is -3.02. The van der Waals surface area contributed by atoms with Gasteiger partial charge in [0, 0.05) is 43.9 Å². The highest BCUT2D eigenvalue weighted by Gasteiger charge is 2.20. The molecule has 6 nitrogen and oxygen atoms in total. The van der Waals surface area contributed by atoms with Gasteiger partial charge in [0.25, 0.3) is 0 Å². The van der Waals surface area contributed by atoms with Crippen molar-refractivity contribution >= 4 is 29.3 Å². The molecule has 1 heterocycles. The Labute approximate surface area is 185 Å². The zero-order chi connectivity index (χ0) is 21.9. The first-order valence-corrected chi connectivity index (χ1v) is 11.3. The van der Waals surface area contributed by atoms with Crippen molar-refractivity contribution in [2.75, 3.05) is 31.1 Å². The summed E-state index contributed by atoms with van der Waals surface area (Å²) in [6.45, 7) is 5.48. The van der Waals surface area contributed by atoms with E-state index in [4.69, 9.17) is 0 Å².